The minimum Gasteiger partial charge on any atom is -0.267 e. The maximum atomic E-state index is 13.7. The smallest absolute Gasteiger partial charge is 0.267 e. The summed E-state index contributed by atoms with van der Waals surface area (Å²) in [4.78, 5) is 15.9. The third-order valence-corrected chi connectivity index (χ3v) is 3.04. The highest BCUT2D eigenvalue weighted by atomic mass is 19.1. The lowest BCUT2D eigenvalue weighted by Crippen LogP contribution is -2.18. The molecule has 1 heterocycles. The highest BCUT2D eigenvalue weighted by molar-refractivity contribution is 6.15. The van der Waals surface area contributed by atoms with Gasteiger partial charge in [-0.15, -0.1) is 0 Å². The van der Waals surface area contributed by atoms with Crippen LogP contribution in [0.2, 0.25) is 0 Å². The number of aliphatic imine (C=N–C) groups is 1. The summed E-state index contributed by atoms with van der Waals surface area (Å²) in [6, 6.07) is 13.9. The van der Waals surface area contributed by atoms with Crippen molar-refractivity contribution in [1.82, 2.24) is 0 Å². The molecule has 1 aliphatic rings. The van der Waals surface area contributed by atoms with Gasteiger partial charge in [0, 0.05) is 17.5 Å². The van der Waals surface area contributed by atoms with Gasteiger partial charge in [-0.05, 0) is 17.7 Å². The predicted octanol–water partition coefficient (Wildman–Crippen LogP) is 3.01. The van der Waals surface area contributed by atoms with Crippen molar-refractivity contribution in [3.8, 4) is 0 Å². The van der Waals surface area contributed by atoms with E-state index in [2.05, 4.69) is 4.99 Å². The Bertz CT molecular complexity index is 647. The van der Waals surface area contributed by atoms with Gasteiger partial charge >= 0.3 is 0 Å². The molecule has 0 aromatic heterocycles. The van der Waals surface area contributed by atoms with E-state index in [1.807, 2.05) is 30.3 Å². The first-order valence-corrected chi connectivity index (χ1v) is 5.70. The van der Waals surface area contributed by atoms with E-state index in [1.54, 1.807) is 6.07 Å². The summed E-state index contributed by atoms with van der Waals surface area (Å²) < 4.78 is 13.7. The van der Waals surface area contributed by atoms with Crippen LogP contribution in [0.5, 0.6) is 0 Å². The van der Waals surface area contributed by atoms with E-state index in [4.69, 9.17) is 0 Å². The van der Waals surface area contributed by atoms with Crippen LogP contribution in [-0.4, -0.2) is 11.6 Å². The third-order valence-electron chi connectivity index (χ3n) is 3.04. The zero-order valence-electron chi connectivity index (χ0n) is 9.56. The van der Waals surface area contributed by atoms with Gasteiger partial charge in [0.05, 0.1) is 5.71 Å². The third kappa shape index (κ3) is 1.74. The number of halogens is 1. The van der Waals surface area contributed by atoms with Crippen LogP contribution in [-0.2, 0) is 6.42 Å². The Hall–Kier alpha value is -2.29. The van der Waals surface area contributed by atoms with Crippen LogP contribution in [0.15, 0.2) is 53.5 Å². The monoisotopic (exact) mass is 239 g/mol. The number of hydrogen-bond acceptors (Lipinski definition) is 1. The Morgan fingerprint density at radius 1 is 1.00 bits per heavy atom. The molecule has 0 N–H and O–H groups in total. The van der Waals surface area contributed by atoms with Crippen LogP contribution in [0.4, 0.5) is 4.39 Å². The van der Waals surface area contributed by atoms with Gasteiger partial charge in [-0.3, -0.25) is 4.79 Å². The molecule has 0 saturated heterocycles. The Balaban J connectivity index is 2.09. The fourth-order valence-corrected chi connectivity index (χ4v) is 2.13. The van der Waals surface area contributed by atoms with Crippen molar-refractivity contribution < 1.29 is 9.18 Å². The number of amides is 1. The summed E-state index contributed by atoms with van der Waals surface area (Å²) in [5.41, 5.74) is 2.30. The minimum atomic E-state index is -0.366. The second kappa shape index (κ2) is 4.18. The second-order valence-electron chi connectivity index (χ2n) is 4.17. The first-order valence-electron chi connectivity index (χ1n) is 5.70. The van der Waals surface area contributed by atoms with Crippen molar-refractivity contribution >= 4 is 11.6 Å². The Morgan fingerprint density at radius 3 is 2.56 bits per heavy atom. The second-order valence-corrected chi connectivity index (χ2v) is 4.17. The average molecular weight is 239 g/mol. The summed E-state index contributed by atoms with van der Waals surface area (Å²) in [6.45, 7) is 0. The molecule has 0 saturated carbocycles. The van der Waals surface area contributed by atoms with E-state index in [0.29, 0.717) is 23.3 Å². The van der Waals surface area contributed by atoms with Gasteiger partial charge in [-0.2, -0.15) is 0 Å². The van der Waals surface area contributed by atoms with Crippen LogP contribution in [0.3, 0.4) is 0 Å². The average Bonchev–Trinajstić information content (AvgIpc) is 2.41. The molecule has 0 bridgehead atoms. The number of hydrogen-bond donors (Lipinski definition) is 0. The Labute approximate surface area is 104 Å². The fraction of sp³-hybridized carbons (Fsp3) is 0.0667. The van der Waals surface area contributed by atoms with Crippen molar-refractivity contribution in [3.63, 3.8) is 0 Å². The summed E-state index contributed by atoms with van der Waals surface area (Å²) in [5.74, 6) is -0.709. The molecule has 2 nitrogen and oxygen atoms in total. The molecule has 3 heteroatoms. The van der Waals surface area contributed by atoms with Crippen LogP contribution >= 0.6 is 0 Å². The van der Waals surface area contributed by atoms with Crippen molar-refractivity contribution in [2.45, 2.75) is 6.42 Å². The molecule has 3 rings (SSSR count). The number of rotatable bonds is 1. The highest BCUT2D eigenvalue weighted by Crippen LogP contribution is 2.22. The molecule has 0 aliphatic carbocycles. The fourth-order valence-electron chi connectivity index (χ4n) is 2.13. The first kappa shape index (κ1) is 10.8. The van der Waals surface area contributed by atoms with Crippen LogP contribution in [0, 0.1) is 5.82 Å². The van der Waals surface area contributed by atoms with E-state index in [-0.39, 0.29) is 11.7 Å². The summed E-state index contributed by atoms with van der Waals surface area (Å²) in [7, 11) is 0. The maximum Gasteiger partial charge on any atom is 0.277 e. The maximum absolute atomic E-state index is 13.7. The lowest BCUT2D eigenvalue weighted by atomic mass is 9.94. The van der Waals surface area contributed by atoms with E-state index in [9.17, 15) is 9.18 Å². The highest BCUT2D eigenvalue weighted by Gasteiger charge is 2.22. The molecular formula is C15H10FNO. The minimum absolute atomic E-state index is 0.343. The van der Waals surface area contributed by atoms with Gasteiger partial charge in [0.25, 0.3) is 5.91 Å². The molecule has 0 spiro atoms. The number of carbonyl (C=O) groups is 1. The normalized spacial score (nSPS) is 14.1. The zero-order valence-corrected chi connectivity index (χ0v) is 9.56. The molecule has 1 aliphatic heterocycles. The van der Waals surface area contributed by atoms with E-state index in [1.165, 1.54) is 12.1 Å². The van der Waals surface area contributed by atoms with Crippen LogP contribution < -0.4 is 0 Å². The summed E-state index contributed by atoms with van der Waals surface area (Å²) in [6.07, 6.45) is 0.359. The van der Waals surface area contributed by atoms with Gasteiger partial charge in [0.2, 0.25) is 0 Å². The Morgan fingerprint density at radius 2 is 1.78 bits per heavy atom. The van der Waals surface area contributed by atoms with Gasteiger partial charge < -0.3 is 0 Å². The molecule has 18 heavy (non-hydrogen) atoms. The van der Waals surface area contributed by atoms with Gasteiger partial charge in [-0.25, -0.2) is 9.38 Å². The zero-order chi connectivity index (χ0) is 12.5. The van der Waals surface area contributed by atoms with Crippen molar-refractivity contribution in [2.75, 3.05) is 0 Å². The van der Waals surface area contributed by atoms with Gasteiger partial charge in [-0.1, -0.05) is 36.4 Å². The van der Waals surface area contributed by atoms with Crippen molar-refractivity contribution in [1.29, 1.82) is 0 Å². The van der Waals surface area contributed by atoms with E-state index in [0.717, 1.165) is 5.56 Å². The SMILES string of the molecule is O=C1N=C(c2ccccc2)Cc2c(F)cccc21. The van der Waals surface area contributed by atoms with E-state index >= 15 is 0 Å². The number of benzene rings is 2. The number of carbonyl (C=O) groups excluding carboxylic acids is 1. The largest absolute Gasteiger partial charge is 0.277 e. The van der Waals surface area contributed by atoms with Crippen molar-refractivity contribution in [3.05, 3.63) is 71.0 Å². The molecule has 1 amide bonds. The standard InChI is InChI=1S/C15H10FNO/c16-13-8-4-7-11-12(13)9-14(17-15(11)18)10-5-2-1-3-6-10/h1-8H,9H2. The molecule has 0 atom stereocenters. The van der Waals surface area contributed by atoms with Crippen molar-refractivity contribution in [2.24, 2.45) is 4.99 Å². The van der Waals surface area contributed by atoms with E-state index < -0.39 is 0 Å². The van der Waals surface area contributed by atoms with Gasteiger partial charge in [0.1, 0.15) is 5.82 Å². The van der Waals surface area contributed by atoms with Gasteiger partial charge in [0.15, 0.2) is 0 Å². The number of nitrogens with zero attached hydrogens (tertiary/aromatic N) is 1. The Kier molecular flexibility index (Phi) is 2.52. The molecule has 2 aromatic carbocycles. The molecule has 0 radical (unpaired) electrons. The molecular weight excluding hydrogens is 229 g/mol. The van der Waals surface area contributed by atoms with Crippen LogP contribution in [0.25, 0.3) is 0 Å². The molecule has 88 valence electrons. The molecule has 0 fully saturated rings. The number of fused-ring (bicyclic) bond motifs is 1. The first-order chi connectivity index (χ1) is 8.75. The predicted molar refractivity (Wildman–Crippen MR) is 67.4 cm³/mol. The topological polar surface area (TPSA) is 29.4 Å². The molecule has 2 aromatic rings. The lowest BCUT2D eigenvalue weighted by molar-refractivity contribution is 0.0999. The van der Waals surface area contributed by atoms with Crippen LogP contribution in [0.1, 0.15) is 21.5 Å². The quantitative estimate of drug-likeness (QED) is 0.752. The summed E-state index contributed by atoms with van der Waals surface area (Å²) >= 11 is 0. The lowest BCUT2D eigenvalue weighted by Gasteiger charge is -2.15. The summed E-state index contributed by atoms with van der Waals surface area (Å²) in [5, 5.41) is 0. The molecule has 0 unspecified atom stereocenters.